The lowest BCUT2D eigenvalue weighted by Crippen LogP contribution is -2.38. The van der Waals surface area contributed by atoms with E-state index < -0.39 is 0 Å². The maximum Gasteiger partial charge on any atom is 0.184 e. The summed E-state index contributed by atoms with van der Waals surface area (Å²) in [5.41, 5.74) is 2.80. The number of aryl methyl sites for hydroxylation is 1. The predicted molar refractivity (Wildman–Crippen MR) is 84.0 cm³/mol. The average Bonchev–Trinajstić information content (AvgIpc) is 2.76. The Labute approximate surface area is 119 Å². The van der Waals surface area contributed by atoms with E-state index in [0.29, 0.717) is 11.5 Å². The average molecular weight is 274 g/mol. The molecule has 0 aliphatic heterocycles. The molecule has 1 N–H and O–H groups in total. The van der Waals surface area contributed by atoms with E-state index >= 15 is 0 Å². The second-order valence-corrected chi connectivity index (χ2v) is 7.40. The van der Waals surface area contributed by atoms with Gasteiger partial charge in [-0.25, -0.2) is 4.98 Å². The lowest BCUT2D eigenvalue weighted by atomic mass is 9.73. The molecule has 2 nitrogen and oxygen atoms in total. The summed E-state index contributed by atoms with van der Waals surface area (Å²) in [4.78, 5) is 4.78. The van der Waals surface area contributed by atoms with Gasteiger partial charge in [-0.1, -0.05) is 50.2 Å². The highest BCUT2D eigenvalue weighted by Gasteiger charge is 2.32. The SMILES string of the molecule is Cc1cccc2sc(NC3CCCCC3(C)C)nc12. The van der Waals surface area contributed by atoms with Crippen LogP contribution >= 0.6 is 11.3 Å². The zero-order valence-corrected chi connectivity index (χ0v) is 12.8. The number of benzene rings is 1. The number of anilines is 1. The third kappa shape index (κ3) is 2.48. The molecule has 1 saturated carbocycles. The summed E-state index contributed by atoms with van der Waals surface area (Å²) < 4.78 is 1.29. The van der Waals surface area contributed by atoms with E-state index in [-0.39, 0.29) is 0 Å². The van der Waals surface area contributed by atoms with Gasteiger partial charge in [-0.15, -0.1) is 0 Å². The molecule has 1 aliphatic rings. The summed E-state index contributed by atoms with van der Waals surface area (Å²) in [5, 5.41) is 4.78. The van der Waals surface area contributed by atoms with Crippen molar-refractivity contribution >= 4 is 26.7 Å². The first-order chi connectivity index (χ1) is 9.06. The van der Waals surface area contributed by atoms with Crippen LogP contribution in [0.5, 0.6) is 0 Å². The number of hydrogen-bond donors (Lipinski definition) is 1. The molecule has 1 atom stereocenters. The van der Waals surface area contributed by atoms with Crippen LogP contribution in [0.2, 0.25) is 0 Å². The number of para-hydroxylation sites is 1. The highest BCUT2D eigenvalue weighted by Crippen LogP contribution is 2.38. The summed E-state index contributed by atoms with van der Waals surface area (Å²) in [6, 6.07) is 6.97. The van der Waals surface area contributed by atoms with Gasteiger partial charge in [0.05, 0.1) is 10.2 Å². The quantitative estimate of drug-likeness (QED) is 0.835. The van der Waals surface area contributed by atoms with Crippen molar-refractivity contribution in [3.05, 3.63) is 23.8 Å². The van der Waals surface area contributed by atoms with Gasteiger partial charge in [-0.3, -0.25) is 0 Å². The van der Waals surface area contributed by atoms with Crippen LogP contribution in [0.15, 0.2) is 18.2 Å². The fourth-order valence-corrected chi connectivity index (χ4v) is 4.05. The van der Waals surface area contributed by atoms with Crippen molar-refractivity contribution in [2.45, 2.75) is 52.5 Å². The largest absolute Gasteiger partial charge is 0.358 e. The molecule has 1 aliphatic carbocycles. The van der Waals surface area contributed by atoms with Crippen LogP contribution in [0, 0.1) is 12.3 Å². The molecule has 0 saturated heterocycles. The van der Waals surface area contributed by atoms with Crippen LogP contribution < -0.4 is 5.32 Å². The summed E-state index contributed by atoms with van der Waals surface area (Å²) in [6.07, 6.45) is 5.28. The first-order valence-electron chi connectivity index (χ1n) is 7.19. The van der Waals surface area contributed by atoms with Gasteiger partial charge >= 0.3 is 0 Å². The third-order valence-corrected chi connectivity index (χ3v) is 5.38. The van der Waals surface area contributed by atoms with Crippen molar-refractivity contribution < 1.29 is 0 Å². The van der Waals surface area contributed by atoms with Crippen LogP contribution in [0.4, 0.5) is 5.13 Å². The van der Waals surface area contributed by atoms with Gasteiger partial charge in [0.15, 0.2) is 5.13 Å². The Hall–Kier alpha value is -1.09. The van der Waals surface area contributed by atoms with Crippen molar-refractivity contribution in [2.75, 3.05) is 5.32 Å². The van der Waals surface area contributed by atoms with Gasteiger partial charge in [-0.05, 0) is 36.8 Å². The fourth-order valence-electron chi connectivity index (χ4n) is 3.06. The lowest BCUT2D eigenvalue weighted by molar-refractivity contribution is 0.217. The van der Waals surface area contributed by atoms with E-state index in [0.717, 1.165) is 10.6 Å². The van der Waals surface area contributed by atoms with Crippen molar-refractivity contribution in [1.82, 2.24) is 4.98 Å². The molecule has 0 bridgehead atoms. The molecule has 0 spiro atoms. The summed E-state index contributed by atoms with van der Waals surface area (Å²) in [6.45, 7) is 6.89. The Morgan fingerprint density at radius 3 is 2.89 bits per heavy atom. The second-order valence-electron chi connectivity index (χ2n) is 6.37. The van der Waals surface area contributed by atoms with Crippen LogP contribution in [-0.2, 0) is 0 Å². The van der Waals surface area contributed by atoms with Crippen molar-refractivity contribution in [1.29, 1.82) is 0 Å². The van der Waals surface area contributed by atoms with E-state index in [2.05, 4.69) is 44.3 Å². The molecule has 0 amide bonds. The highest BCUT2D eigenvalue weighted by atomic mass is 32.1. The van der Waals surface area contributed by atoms with E-state index in [9.17, 15) is 0 Å². The predicted octanol–water partition coefficient (Wildman–Crippen LogP) is 4.99. The number of fused-ring (bicyclic) bond motifs is 1. The molecule has 1 heterocycles. The number of aromatic nitrogens is 1. The maximum absolute atomic E-state index is 4.78. The number of nitrogens with zero attached hydrogens (tertiary/aromatic N) is 1. The van der Waals surface area contributed by atoms with Gasteiger partial charge in [0.1, 0.15) is 0 Å². The minimum Gasteiger partial charge on any atom is -0.358 e. The van der Waals surface area contributed by atoms with Gasteiger partial charge in [0.2, 0.25) is 0 Å². The number of nitrogens with one attached hydrogen (secondary N) is 1. The maximum atomic E-state index is 4.78. The number of thiazole rings is 1. The monoisotopic (exact) mass is 274 g/mol. The topological polar surface area (TPSA) is 24.9 Å². The molecule has 3 rings (SSSR count). The number of rotatable bonds is 2. The van der Waals surface area contributed by atoms with E-state index in [1.807, 2.05) is 0 Å². The summed E-state index contributed by atoms with van der Waals surface area (Å²) in [5.74, 6) is 0. The molecule has 3 heteroatoms. The number of hydrogen-bond acceptors (Lipinski definition) is 3. The smallest absolute Gasteiger partial charge is 0.184 e. The van der Waals surface area contributed by atoms with E-state index in [4.69, 9.17) is 4.98 Å². The normalized spacial score (nSPS) is 22.6. The standard InChI is InChI=1S/C16H22N2S/c1-11-7-6-8-12-14(11)18-15(19-12)17-13-9-4-5-10-16(13,2)3/h6-8,13H,4-5,9-10H2,1-3H3,(H,17,18). The minimum atomic E-state index is 0.380. The Morgan fingerprint density at radius 1 is 1.32 bits per heavy atom. The Kier molecular flexibility index (Phi) is 3.25. The van der Waals surface area contributed by atoms with Gasteiger partial charge in [0, 0.05) is 6.04 Å². The Morgan fingerprint density at radius 2 is 2.16 bits per heavy atom. The minimum absolute atomic E-state index is 0.380. The molecular weight excluding hydrogens is 252 g/mol. The molecular formula is C16H22N2S. The van der Waals surface area contributed by atoms with Gasteiger partial charge in [-0.2, -0.15) is 0 Å². The molecule has 1 fully saturated rings. The zero-order chi connectivity index (χ0) is 13.5. The zero-order valence-electron chi connectivity index (χ0n) is 12.0. The molecule has 1 unspecified atom stereocenters. The van der Waals surface area contributed by atoms with E-state index in [1.54, 1.807) is 11.3 Å². The fraction of sp³-hybridized carbons (Fsp3) is 0.562. The van der Waals surface area contributed by atoms with E-state index in [1.165, 1.54) is 35.9 Å². The molecule has 1 aromatic carbocycles. The molecule has 102 valence electrons. The van der Waals surface area contributed by atoms with Crippen LogP contribution in [-0.4, -0.2) is 11.0 Å². The molecule has 2 aromatic rings. The molecule has 0 radical (unpaired) electrons. The van der Waals surface area contributed by atoms with Crippen LogP contribution in [0.3, 0.4) is 0 Å². The molecule has 19 heavy (non-hydrogen) atoms. The third-order valence-electron chi connectivity index (χ3n) is 4.43. The first-order valence-corrected chi connectivity index (χ1v) is 8.01. The van der Waals surface area contributed by atoms with Crippen LogP contribution in [0.1, 0.15) is 45.1 Å². The lowest BCUT2D eigenvalue weighted by Gasteiger charge is -2.38. The van der Waals surface area contributed by atoms with Crippen LogP contribution in [0.25, 0.3) is 10.2 Å². The first kappa shape index (κ1) is 12.9. The van der Waals surface area contributed by atoms with Crippen molar-refractivity contribution in [3.8, 4) is 0 Å². The van der Waals surface area contributed by atoms with Crippen molar-refractivity contribution in [2.24, 2.45) is 5.41 Å². The second kappa shape index (κ2) is 4.78. The van der Waals surface area contributed by atoms with Gasteiger partial charge < -0.3 is 5.32 Å². The highest BCUT2D eigenvalue weighted by molar-refractivity contribution is 7.22. The Balaban J connectivity index is 1.87. The Bertz CT molecular complexity index is 585. The summed E-state index contributed by atoms with van der Waals surface area (Å²) >= 11 is 1.78. The van der Waals surface area contributed by atoms with Crippen molar-refractivity contribution in [3.63, 3.8) is 0 Å². The molecule has 1 aromatic heterocycles. The van der Waals surface area contributed by atoms with Gasteiger partial charge in [0.25, 0.3) is 0 Å². The summed E-state index contributed by atoms with van der Waals surface area (Å²) in [7, 11) is 0.